The highest BCUT2D eigenvalue weighted by molar-refractivity contribution is 5.45. The highest BCUT2D eigenvalue weighted by atomic mass is 16.5. The van der Waals surface area contributed by atoms with Crippen molar-refractivity contribution in [2.24, 2.45) is 0 Å². The minimum absolute atomic E-state index is 0.212. The van der Waals surface area contributed by atoms with E-state index in [9.17, 15) is 0 Å². The summed E-state index contributed by atoms with van der Waals surface area (Å²) >= 11 is 0. The van der Waals surface area contributed by atoms with Crippen LogP contribution in [0, 0.1) is 0 Å². The molecule has 1 aliphatic rings. The van der Waals surface area contributed by atoms with Crippen molar-refractivity contribution in [1.82, 2.24) is 4.98 Å². The van der Waals surface area contributed by atoms with Crippen molar-refractivity contribution in [3.8, 4) is 0 Å². The molecule has 1 aromatic heterocycles. The van der Waals surface area contributed by atoms with Crippen LogP contribution in [0.3, 0.4) is 0 Å². The van der Waals surface area contributed by atoms with E-state index in [1.165, 1.54) is 11.1 Å². The second-order valence-corrected chi connectivity index (χ2v) is 4.15. The number of nitrogens with zero attached hydrogens (tertiary/aromatic N) is 1. The van der Waals surface area contributed by atoms with Crippen molar-refractivity contribution in [1.29, 1.82) is 0 Å². The van der Waals surface area contributed by atoms with Crippen LogP contribution in [0.2, 0.25) is 0 Å². The van der Waals surface area contributed by atoms with E-state index in [1.54, 1.807) is 6.20 Å². The third-order valence-electron chi connectivity index (χ3n) is 2.98. The molecule has 0 spiro atoms. The van der Waals surface area contributed by atoms with Crippen molar-refractivity contribution in [3.05, 3.63) is 59.9 Å². The minimum atomic E-state index is 0.212. The molecule has 3 rings (SSSR count). The standard InChI is InChI=1S/C14H14N2O/c1-2-6-13-11(4-1)9-17-10-14(13)16-12-5-3-7-15-8-12/h1-8,14,16H,9-10H2. The van der Waals surface area contributed by atoms with Crippen molar-refractivity contribution < 1.29 is 4.74 Å². The van der Waals surface area contributed by atoms with Crippen LogP contribution < -0.4 is 5.32 Å². The Kier molecular flexibility index (Phi) is 2.76. The third-order valence-corrected chi connectivity index (χ3v) is 2.98. The zero-order chi connectivity index (χ0) is 11.5. The molecule has 1 unspecified atom stereocenters. The van der Waals surface area contributed by atoms with Gasteiger partial charge in [-0.1, -0.05) is 24.3 Å². The summed E-state index contributed by atoms with van der Waals surface area (Å²) in [5, 5.41) is 3.45. The average molecular weight is 226 g/mol. The van der Waals surface area contributed by atoms with Gasteiger partial charge in [-0.2, -0.15) is 0 Å². The summed E-state index contributed by atoms with van der Waals surface area (Å²) in [6.45, 7) is 1.41. The van der Waals surface area contributed by atoms with Crippen LogP contribution in [-0.4, -0.2) is 11.6 Å². The highest BCUT2D eigenvalue weighted by Crippen LogP contribution is 2.27. The predicted octanol–water partition coefficient (Wildman–Crippen LogP) is 2.77. The Morgan fingerprint density at radius 2 is 2.12 bits per heavy atom. The van der Waals surface area contributed by atoms with Crippen LogP contribution in [-0.2, 0) is 11.3 Å². The monoisotopic (exact) mass is 226 g/mol. The largest absolute Gasteiger partial charge is 0.375 e. The van der Waals surface area contributed by atoms with Crippen molar-refractivity contribution in [2.45, 2.75) is 12.6 Å². The zero-order valence-electron chi connectivity index (χ0n) is 9.47. The zero-order valence-corrected chi connectivity index (χ0v) is 9.47. The van der Waals surface area contributed by atoms with Gasteiger partial charge in [-0.15, -0.1) is 0 Å². The Bertz CT molecular complexity index is 499. The van der Waals surface area contributed by atoms with E-state index in [0.29, 0.717) is 13.2 Å². The van der Waals surface area contributed by atoms with Gasteiger partial charge in [-0.25, -0.2) is 0 Å². The number of hydrogen-bond donors (Lipinski definition) is 1. The Morgan fingerprint density at radius 3 is 3.00 bits per heavy atom. The lowest BCUT2D eigenvalue weighted by atomic mass is 9.99. The summed E-state index contributed by atoms with van der Waals surface area (Å²) in [6, 6.07) is 12.6. The smallest absolute Gasteiger partial charge is 0.0751 e. The van der Waals surface area contributed by atoms with Gasteiger partial charge < -0.3 is 10.1 Å². The van der Waals surface area contributed by atoms with Gasteiger partial charge in [0.25, 0.3) is 0 Å². The summed E-state index contributed by atoms with van der Waals surface area (Å²) in [5.41, 5.74) is 3.61. The second kappa shape index (κ2) is 4.55. The van der Waals surface area contributed by atoms with E-state index in [0.717, 1.165) is 5.69 Å². The van der Waals surface area contributed by atoms with Crippen molar-refractivity contribution >= 4 is 5.69 Å². The number of ether oxygens (including phenoxy) is 1. The van der Waals surface area contributed by atoms with Gasteiger partial charge in [-0.3, -0.25) is 4.98 Å². The molecule has 86 valence electrons. The lowest BCUT2D eigenvalue weighted by Gasteiger charge is -2.27. The number of benzene rings is 1. The number of rotatable bonds is 2. The molecule has 0 bridgehead atoms. The van der Waals surface area contributed by atoms with Crippen LogP contribution in [0.15, 0.2) is 48.8 Å². The molecule has 2 heterocycles. The summed E-state index contributed by atoms with van der Waals surface area (Å²) < 4.78 is 5.60. The topological polar surface area (TPSA) is 34.2 Å². The van der Waals surface area contributed by atoms with E-state index >= 15 is 0 Å². The average Bonchev–Trinajstić information content (AvgIpc) is 2.40. The Morgan fingerprint density at radius 1 is 1.18 bits per heavy atom. The molecule has 0 amide bonds. The van der Waals surface area contributed by atoms with Crippen LogP contribution in [0.25, 0.3) is 0 Å². The number of anilines is 1. The van der Waals surface area contributed by atoms with Crippen molar-refractivity contribution in [2.75, 3.05) is 11.9 Å². The van der Waals surface area contributed by atoms with Crippen molar-refractivity contribution in [3.63, 3.8) is 0 Å². The SMILES string of the molecule is c1cncc(NC2COCc3ccccc32)c1. The van der Waals surface area contributed by atoms with E-state index in [-0.39, 0.29) is 6.04 Å². The molecule has 1 aliphatic heterocycles. The van der Waals surface area contributed by atoms with Gasteiger partial charge in [0.05, 0.1) is 24.9 Å². The van der Waals surface area contributed by atoms with Gasteiger partial charge in [0.2, 0.25) is 0 Å². The molecular weight excluding hydrogens is 212 g/mol. The first-order valence-corrected chi connectivity index (χ1v) is 5.75. The minimum Gasteiger partial charge on any atom is -0.375 e. The van der Waals surface area contributed by atoms with Gasteiger partial charge in [0.15, 0.2) is 0 Å². The molecule has 1 aromatic carbocycles. The molecule has 2 aromatic rings. The van der Waals surface area contributed by atoms with Gasteiger partial charge in [0, 0.05) is 12.4 Å². The molecule has 0 radical (unpaired) electrons. The Hall–Kier alpha value is -1.87. The third kappa shape index (κ3) is 2.15. The van der Waals surface area contributed by atoms with E-state index in [2.05, 4.69) is 34.6 Å². The molecule has 0 fully saturated rings. The highest BCUT2D eigenvalue weighted by Gasteiger charge is 2.19. The Balaban J connectivity index is 1.86. The van der Waals surface area contributed by atoms with Gasteiger partial charge in [0.1, 0.15) is 0 Å². The molecule has 0 aliphatic carbocycles. The van der Waals surface area contributed by atoms with Crippen LogP contribution >= 0.6 is 0 Å². The quantitative estimate of drug-likeness (QED) is 0.855. The maximum Gasteiger partial charge on any atom is 0.0751 e. The summed E-state index contributed by atoms with van der Waals surface area (Å²) in [4.78, 5) is 4.10. The first-order valence-electron chi connectivity index (χ1n) is 5.75. The van der Waals surface area contributed by atoms with E-state index < -0.39 is 0 Å². The van der Waals surface area contributed by atoms with Crippen LogP contribution in [0.4, 0.5) is 5.69 Å². The first-order chi connectivity index (χ1) is 8.43. The van der Waals surface area contributed by atoms with Gasteiger partial charge >= 0.3 is 0 Å². The molecule has 3 heteroatoms. The fraction of sp³-hybridized carbons (Fsp3) is 0.214. The predicted molar refractivity (Wildman–Crippen MR) is 66.7 cm³/mol. The molecule has 0 saturated heterocycles. The van der Waals surface area contributed by atoms with E-state index in [1.807, 2.05) is 18.3 Å². The summed E-state index contributed by atoms with van der Waals surface area (Å²) in [5.74, 6) is 0. The number of fused-ring (bicyclic) bond motifs is 1. The number of hydrogen-bond acceptors (Lipinski definition) is 3. The lowest BCUT2D eigenvalue weighted by Crippen LogP contribution is -2.23. The maximum atomic E-state index is 5.60. The fourth-order valence-corrected chi connectivity index (χ4v) is 2.15. The molecule has 1 atom stereocenters. The molecular formula is C14H14N2O. The first kappa shape index (κ1) is 10.3. The van der Waals surface area contributed by atoms with Gasteiger partial charge in [-0.05, 0) is 23.3 Å². The number of aromatic nitrogens is 1. The second-order valence-electron chi connectivity index (χ2n) is 4.15. The molecule has 17 heavy (non-hydrogen) atoms. The lowest BCUT2D eigenvalue weighted by molar-refractivity contribution is 0.0970. The number of pyridine rings is 1. The van der Waals surface area contributed by atoms with Crippen LogP contribution in [0.1, 0.15) is 17.2 Å². The molecule has 1 N–H and O–H groups in total. The summed E-state index contributed by atoms with van der Waals surface area (Å²) in [7, 11) is 0. The Labute approximate surface area is 100 Å². The van der Waals surface area contributed by atoms with E-state index in [4.69, 9.17) is 4.74 Å². The summed E-state index contributed by atoms with van der Waals surface area (Å²) in [6.07, 6.45) is 3.60. The normalized spacial score (nSPS) is 18.5. The maximum absolute atomic E-state index is 5.60. The number of nitrogens with one attached hydrogen (secondary N) is 1. The fourth-order valence-electron chi connectivity index (χ4n) is 2.15. The molecule has 0 saturated carbocycles. The molecule has 3 nitrogen and oxygen atoms in total. The van der Waals surface area contributed by atoms with Crippen LogP contribution in [0.5, 0.6) is 0 Å².